The highest BCUT2D eigenvalue weighted by molar-refractivity contribution is 5.91. The highest BCUT2D eigenvalue weighted by Gasteiger charge is 2.10. The van der Waals surface area contributed by atoms with Crippen molar-refractivity contribution in [2.75, 3.05) is 32.2 Å². The molecule has 0 aliphatic heterocycles. The number of hydrogen-bond acceptors (Lipinski definition) is 5. The van der Waals surface area contributed by atoms with Crippen LogP contribution in [0.15, 0.2) is 30.5 Å². The molecule has 5 heteroatoms. The molecular formula is C16H22N2O3. The summed E-state index contributed by atoms with van der Waals surface area (Å²) in [4.78, 5) is 4.43. The third-order valence-electron chi connectivity index (χ3n) is 3.08. The predicted octanol–water partition coefficient (Wildman–Crippen LogP) is 3.05. The van der Waals surface area contributed by atoms with E-state index < -0.39 is 0 Å². The van der Waals surface area contributed by atoms with Gasteiger partial charge >= 0.3 is 0 Å². The largest absolute Gasteiger partial charge is 0.497 e. The number of rotatable bonds is 8. The van der Waals surface area contributed by atoms with E-state index in [1.54, 1.807) is 13.3 Å². The fourth-order valence-corrected chi connectivity index (χ4v) is 2.15. The molecule has 2 aromatic rings. The van der Waals surface area contributed by atoms with Crippen LogP contribution in [0.3, 0.4) is 0 Å². The quantitative estimate of drug-likeness (QED) is 0.757. The first kappa shape index (κ1) is 15.5. The minimum Gasteiger partial charge on any atom is -0.497 e. The number of anilines is 1. The molecule has 0 fully saturated rings. The second-order valence-electron chi connectivity index (χ2n) is 4.47. The average Bonchev–Trinajstić information content (AvgIpc) is 2.52. The fraction of sp³-hybridized carbons (Fsp3) is 0.438. The van der Waals surface area contributed by atoms with Crippen molar-refractivity contribution in [3.05, 3.63) is 30.5 Å². The van der Waals surface area contributed by atoms with Crippen molar-refractivity contribution in [3.63, 3.8) is 0 Å². The molecule has 114 valence electrons. The van der Waals surface area contributed by atoms with Crippen LogP contribution in [0.5, 0.6) is 5.75 Å². The van der Waals surface area contributed by atoms with E-state index >= 15 is 0 Å². The van der Waals surface area contributed by atoms with E-state index in [2.05, 4.69) is 10.3 Å². The molecule has 0 aliphatic rings. The van der Waals surface area contributed by atoms with E-state index in [-0.39, 0.29) is 6.29 Å². The van der Waals surface area contributed by atoms with Gasteiger partial charge in [-0.05, 0) is 26.0 Å². The second-order valence-corrected chi connectivity index (χ2v) is 4.47. The van der Waals surface area contributed by atoms with Crippen LogP contribution >= 0.6 is 0 Å². The Morgan fingerprint density at radius 3 is 2.62 bits per heavy atom. The maximum atomic E-state index is 5.54. The number of pyridine rings is 1. The zero-order chi connectivity index (χ0) is 15.1. The number of ether oxygens (including phenoxy) is 3. The minimum atomic E-state index is -0.273. The summed E-state index contributed by atoms with van der Waals surface area (Å²) in [6.45, 7) is 5.69. The number of fused-ring (bicyclic) bond motifs is 1. The Balaban J connectivity index is 2.20. The number of hydrogen-bond donors (Lipinski definition) is 1. The van der Waals surface area contributed by atoms with E-state index in [0.29, 0.717) is 19.8 Å². The number of methoxy groups -OCH3 is 1. The maximum Gasteiger partial charge on any atom is 0.174 e. The van der Waals surface area contributed by atoms with Gasteiger partial charge in [0.2, 0.25) is 0 Å². The molecule has 2 rings (SSSR count). The van der Waals surface area contributed by atoms with Gasteiger partial charge in [0.15, 0.2) is 6.29 Å². The van der Waals surface area contributed by atoms with Crippen LogP contribution in [0.1, 0.15) is 13.8 Å². The molecule has 0 atom stereocenters. The molecule has 0 saturated carbocycles. The normalized spacial score (nSPS) is 11.0. The lowest BCUT2D eigenvalue weighted by atomic mass is 10.2. The summed E-state index contributed by atoms with van der Waals surface area (Å²) in [5, 5.41) is 4.37. The van der Waals surface area contributed by atoms with Gasteiger partial charge < -0.3 is 19.5 Å². The molecule has 1 heterocycles. The lowest BCUT2D eigenvalue weighted by molar-refractivity contribution is -0.126. The number of aromatic nitrogens is 1. The van der Waals surface area contributed by atoms with Crippen LogP contribution in [0.2, 0.25) is 0 Å². The highest BCUT2D eigenvalue weighted by atomic mass is 16.7. The molecule has 21 heavy (non-hydrogen) atoms. The number of benzene rings is 1. The number of nitrogens with one attached hydrogen (secondary N) is 1. The fourth-order valence-electron chi connectivity index (χ4n) is 2.15. The van der Waals surface area contributed by atoms with Gasteiger partial charge in [-0.2, -0.15) is 0 Å². The Morgan fingerprint density at radius 2 is 1.95 bits per heavy atom. The van der Waals surface area contributed by atoms with Gasteiger partial charge in [-0.15, -0.1) is 0 Å². The van der Waals surface area contributed by atoms with Crippen molar-refractivity contribution in [1.82, 2.24) is 4.98 Å². The predicted molar refractivity (Wildman–Crippen MR) is 83.8 cm³/mol. The summed E-state index contributed by atoms with van der Waals surface area (Å²) in [6, 6.07) is 7.83. The molecular weight excluding hydrogens is 268 g/mol. The Kier molecular flexibility index (Phi) is 5.78. The topological polar surface area (TPSA) is 52.6 Å². The van der Waals surface area contributed by atoms with Gasteiger partial charge in [0.25, 0.3) is 0 Å². The third kappa shape index (κ3) is 4.06. The molecule has 1 N–H and O–H groups in total. The van der Waals surface area contributed by atoms with Crippen LogP contribution in [-0.4, -0.2) is 38.1 Å². The van der Waals surface area contributed by atoms with E-state index in [1.807, 2.05) is 38.1 Å². The maximum absolute atomic E-state index is 5.54. The first-order valence-corrected chi connectivity index (χ1v) is 7.18. The molecule has 0 bridgehead atoms. The van der Waals surface area contributed by atoms with Crippen LogP contribution in [0.25, 0.3) is 10.9 Å². The molecule has 0 aliphatic carbocycles. The first-order chi connectivity index (χ1) is 10.3. The smallest absolute Gasteiger partial charge is 0.174 e. The van der Waals surface area contributed by atoms with Crippen LogP contribution < -0.4 is 10.1 Å². The van der Waals surface area contributed by atoms with Crippen molar-refractivity contribution in [3.8, 4) is 5.75 Å². The molecule has 0 radical (unpaired) electrons. The van der Waals surface area contributed by atoms with Crippen molar-refractivity contribution < 1.29 is 14.2 Å². The van der Waals surface area contributed by atoms with Gasteiger partial charge in [0, 0.05) is 30.9 Å². The Labute approximate surface area is 125 Å². The van der Waals surface area contributed by atoms with Crippen molar-refractivity contribution in [2.24, 2.45) is 0 Å². The SMILES string of the molecule is CCOC(CNc1cc(OC)cc2cccnc12)OCC. The zero-order valence-electron chi connectivity index (χ0n) is 12.8. The molecule has 1 aromatic heterocycles. The van der Waals surface area contributed by atoms with E-state index in [1.165, 1.54) is 0 Å². The standard InChI is InChI=1S/C16H22N2O3/c1-4-20-15(21-5-2)11-18-14-10-13(19-3)9-12-7-6-8-17-16(12)14/h6-10,15,18H,4-5,11H2,1-3H3. The summed E-state index contributed by atoms with van der Waals surface area (Å²) in [5.74, 6) is 0.794. The third-order valence-corrected chi connectivity index (χ3v) is 3.08. The molecule has 0 amide bonds. The summed E-state index contributed by atoms with van der Waals surface area (Å²) in [5.41, 5.74) is 1.82. The van der Waals surface area contributed by atoms with Crippen LogP contribution in [0, 0.1) is 0 Å². The molecule has 0 saturated heterocycles. The number of nitrogens with zero attached hydrogens (tertiary/aromatic N) is 1. The molecule has 0 unspecified atom stereocenters. The molecule has 0 spiro atoms. The van der Waals surface area contributed by atoms with Gasteiger partial charge in [-0.1, -0.05) is 6.07 Å². The Morgan fingerprint density at radius 1 is 1.19 bits per heavy atom. The minimum absolute atomic E-state index is 0.273. The van der Waals surface area contributed by atoms with E-state index in [4.69, 9.17) is 14.2 Å². The van der Waals surface area contributed by atoms with Gasteiger partial charge in [-0.25, -0.2) is 0 Å². The van der Waals surface area contributed by atoms with Crippen LogP contribution in [0.4, 0.5) is 5.69 Å². The summed E-state index contributed by atoms with van der Waals surface area (Å²) in [7, 11) is 1.66. The van der Waals surface area contributed by atoms with Crippen LogP contribution in [-0.2, 0) is 9.47 Å². The van der Waals surface area contributed by atoms with Gasteiger partial charge in [0.05, 0.1) is 24.9 Å². The first-order valence-electron chi connectivity index (χ1n) is 7.18. The molecule has 1 aromatic carbocycles. The summed E-state index contributed by atoms with van der Waals surface area (Å²) < 4.78 is 16.4. The summed E-state index contributed by atoms with van der Waals surface area (Å²) in [6.07, 6.45) is 1.51. The Bertz CT molecular complexity index is 568. The van der Waals surface area contributed by atoms with Gasteiger partial charge in [-0.3, -0.25) is 4.98 Å². The van der Waals surface area contributed by atoms with Gasteiger partial charge in [0.1, 0.15) is 5.75 Å². The van der Waals surface area contributed by atoms with Crippen molar-refractivity contribution in [2.45, 2.75) is 20.1 Å². The monoisotopic (exact) mass is 290 g/mol. The average molecular weight is 290 g/mol. The zero-order valence-corrected chi connectivity index (χ0v) is 12.8. The van der Waals surface area contributed by atoms with E-state index in [0.717, 1.165) is 22.3 Å². The summed E-state index contributed by atoms with van der Waals surface area (Å²) >= 11 is 0. The van der Waals surface area contributed by atoms with Crippen molar-refractivity contribution in [1.29, 1.82) is 0 Å². The Hall–Kier alpha value is -1.85. The van der Waals surface area contributed by atoms with E-state index in [9.17, 15) is 0 Å². The molecule has 5 nitrogen and oxygen atoms in total. The lowest BCUT2D eigenvalue weighted by Crippen LogP contribution is -2.26. The van der Waals surface area contributed by atoms with Crippen molar-refractivity contribution >= 4 is 16.6 Å². The second kappa shape index (κ2) is 7.81. The highest BCUT2D eigenvalue weighted by Crippen LogP contribution is 2.27. The lowest BCUT2D eigenvalue weighted by Gasteiger charge is -2.19.